The van der Waals surface area contributed by atoms with Crippen LogP contribution in [0.4, 0.5) is 0 Å². The van der Waals surface area contributed by atoms with Crippen LogP contribution in [0.25, 0.3) is 0 Å². The lowest BCUT2D eigenvalue weighted by Crippen LogP contribution is -2.42. The number of unbranched alkanes of at least 4 members (excludes halogenated alkanes) is 9. The lowest BCUT2D eigenvalue weighted by atomic mass is 10.1. The Morgan fingerprint density at radius 1 is 0.900 bits per heavy atom. The zero-order valence-corrected chi connectivity index (χ0v) is 14.2. The van der Waals surface area contributed by atoms with Crippen molar-refractivity contribution in [2.45, 2.75) is 89.5 Å². The fourth-order valence-corrected chi connectivity index (χ4v) is 2.78. The maximum absolute atomic E-state index is 6.34. The summed E-state index contributed by atoms with van der Waals surface area (Å²) in [5.41, 5.74) is 3.34. The van der Waals surface area contributed by atoms with Gasteiger partial charge in [0.25, 0.3) is 0 Å². The van der Waals surface area contributed by atoms with E-state index in [-0.39, 0.29) is 5.00 Å². The van der Waals surface area contributed by atoms with Gasteiger partial charge in [-0.25, -0.2) is 5.43 Å². The number of nitrogens with zero attached hydrogens (tertiary/aromatic N) is 1. The molecule has 0 aromatic carbocycles. The Labute approximate surface area is 130 Å². The van der Waals surface area contributed by atoms with Gasteiger partial charge in [0.05, 0.1) is 0 Å². The molecule has 2 nitrogen and oxygen atoms in total. The Bertz CT molecular complexity index is 268. The number of halogens is 1. The molecule has 0 aromatic heterocycles. The van der Waals surface area contributed by atoms with Gasteiger partial charge in [-0.05, 0) is 18.9 Å². The standard InChI is InChI=1S/C17H33ClN2/c1-3-5-6-7-8-9-10-11-12-13-15-20-16-14-17(18,4-2)19-20/h14,16,19H,3-13,15H2,1-2H3. The molecule has 0 saturated heterocycles. The van der Waals surface area contributed by atoms with Crippen molar-refractivity contribution in [3.8, 4) is 0 Å². The topological polar surface area (TPSA) is 15.3 Å². The maximum Gasteiger partial charge on any atom is 0.130 e. The van der Waals surface area contributed by atoms with Gasteiger partial charge < -0.3 is 5.01 Å². The first-order valence-electron chi connectivity index (χ1n) is 8.63. The van der Waals surface area contributed by atoms with Crippen LogP contribution in [0.1, 0.15) is 84.5 Å². The van der Waals surface area contributed by atoms with Crippen LogP contribution in [-0.2, 0) is 0 Å². The van der Waals surface area contributed by atoms with Gasteiger partial charge in [0.1, 0.15) is 5.00 Å². The number of alkyl halides is 1. The molecule has 0 bridgehead atoms. The highest BCUT2D eigenvalue weighted by molar-refractivity contribution is 6.25. The summed E-state index contributed by atoms with van der Waals surface area (Å²) < 4.78 is 0. The van der Waals surface area contributed by atoms with Crippen LogP contribution >= 0.6 is 11.6 Å². The summed E-state index contributed by atoms with van der Waals surface area (Å²) in [5.74, 6) is 0. The molecule has 1 unspecified atom stereocenters. The summed E-state index contributed by atoms with van der Waals surface area (Å²) in [6.45, 7) is 5.45. The SMILES string of the molecule is CCCCCCCCCCCCN1C=CC(Cl)(CC)N1. The predicted molar refractivity (Wildman–Crippen MR) is 89.7 cm³/mol. The van der Waals surface area contributed by atoms with E-state index in [1.807, 2.05) is 0 Å². The molecule has 1 rings (SSSR count). The molecule has 0 fully saturated rings. The summed E-state index contributed by atoms with van der Waals surface area (Å²) in [6.07, 6.45) is 18.9. The largest absolute Gasteiger partial charge is 0.314 e. The lowest BCUT2D eigenvalue weighted by molar-refractivity contribution is 0.250. The van der Waals surface area contributed by atoms with Crippen molar-refractivity contribution in [2.75, 3.05) is 6.54 Å². The van der Waals surface area contributed by atoms with Crippen molar-refractivity contribution in [1.82, 2.24) is 10.4 Å². The summed E-state index contributed by atoms with van der Waals surface area (Å²) in [6, 6.07) is 0. The third kappa shape index (κ3) is 7.54. The number of nitrogens with one attached hydrogen (secondary N) is 1. The highest BCUT2D eigenvalue weighted by atomic mass is 35.5. The fourth-order valence-electron chi connectivity index (χ4n) is 2.62. The second-order valence-corrected chi connectivity index (χ2v) is 6.69. The molecular formula is C17H33ClN2. The van der Waals surface area contributed by atoms with Crippen molar-refractivity contribution in [1.29, 1.82) is 0 Å². The van der Waals surface area contributed by atoms with Crippen molar-refractivity contribution in [2.24, 2.45) is 0 Å². The van der Waals surface area contributed by atoms with Gasteiger partial charge in [-0.2, -0.15) is 0 Å². The molecule has 118 valence electrons. The molecule has 0 aromatic rings. The van der Waals surface area contributed by atoms with Gasteiger partial charge in [-0.1, -0.05) is 83.2 Å². The molecule has 1 aliphatic rings. The van der Waals surface area contributed by atoms with Crippen LogP contribution in [0.3, 0.4) is 0 Å². The van der Waals surface area contributed by atoms with E-state index in [0.29, 0.717) is 0 Å². The number of hydrogen-bond acceptors (Lipinski definition) is 2. The Balaban J connectivity index is 1.85. The average Bonchev–Trinajstić information content (AvgIpc) is 2.83. The average molecular weight is 301 g/mol. The van der Waals surface area contributed by atoms with E-state index in [1.165, 1.54) is 64.2 Å². The molecular weight excluding hydrogens is 268 g/mol. The van der Waals surface area contributed by atoms with Crippen LogP contribution in [0.5, 0.6) is 0 Å². The normalized spacial score (nSPS) is 21.9. The van der Waals surface area contributed by atoms with Gasteiger partial charge in [-0.15, -0.1) is 0 Å². The number of hydrogen-bond donors (Lipinski definition) is 1. The Morgan fingerprint density at radius 3 is 1.95 bits per heavy atom. The van der Waals surface area contributed by atoms with E-state index in [4.69, 9.17) is 11.6 Å². The van der Waals surface area contributed by atoms with E-state index in [9.17, 15) is 0 Å². The quantitative estimate of drug-likeness (QED) is 0.287. The minimum atomic E-state index is -0.335. The highest BCUT2D eigenvalue weighted by Gasteiger charge is 2.27. The van der Waals surface area contributed by atoms with Crippen molar-refractivity contribution >= 4 is 11.6 Å². The Morgan fingerprint density at radius 2 is 1.45 bits per heavy atom. The molecule has 20 heavy (non-hydrogen) atoms. The van der Waals surface area contributed by atoms with Gasteiger partial charge >= 0.3 is 0 Å². The molecule has 0 saturated carbocycles. The van der Waals surface area contributed by atoms with Crippen LogP contribution in [-0.4, -0.2) is 16.6 Å². The molecule has 3 heteroatoms. The maximum atomic E-state index is 6.34. The summed E-state index contributed by atoms with van der Waals surface area (Å²) in [4.78, 5) is -0.335. The first kappa shape index (κ1) is 17.8. The molecule has 1 atom stereocenters. The van der Waals surface area contributed by atoms with E-state index >= 15 is 0 Å². The smallest absolute Gasteiger partial charge is 0.130 e. The van der Waals surface area contributed by atoms with Crippen LogP contribution in [0, 0.1) is 0 Å². The molecule has 1 aliphatic heterocycles. The number of rotatable bonds is 12. The third-order valence-corrected chi connectivity index (χ3v) is 4.59. The zero-order chi connectivity index (χ0) is 14.7. The van der Waals surface area contributed by atoms with Crippen LogP contribution in [0.15, 0.2) is 12.3 Å². The second kappa shape index (κ2) is 10.5. The van der Waals surface area contributed by atoms with E-state index in [0.717, 1.165) is 13.0 Å². The minimum absolute atomic E-state index is 0.335. The Kier molecular flexibility index (Phi) is 9.37. The first-order chi connectivity index (χ1) is 9.70. The van der Waals surface area contributed by atoms with Crippen molar-refractivity contribution < 1.29 is 0 Å². The van der Waals surface area contributed by atoms with Crippen molar-refractivity contribution in [3.63, 3.8) is 0 Å². The first-order valence-corrected chi connectivity index (χ1v) is 9.00. The van der Waals surface area contributed by atoms with Gasteiger partial charge in [0.2, 0.25) is 0 Å². The predicted octanol–water partition coefficient (Wildman–Crippen LogP) is 5.59. The van der Waals surface area contributed by atoms with Crippen molar-refractivity contribution in [3.05, 3.63) is 12.3 Å². The second-order valence-electron chi connectivity index (χ2n) is 6.02. The summed E-state index contributed by atoms with van der Waals surface area (Å²) >= 11 is 6.34. The molecule has 0 spiro atoms. The zero-order valence-electron chi connectivity index (χ0n) is 13.5. The van der Waals surface area contributed by atoms with E-state index in [1.54, 1.807) is 0 Å². The lowest BCUT2D eigenvalue weighted by Gasteiger charge is -2.24. The fraction of sp³-hybridized carbons (Fsp3) is 0.882. The van der Waals surface area contributed by atoms with Gasteiger partial charge in [0.15, 0.2) is 0 Å². The molecule has 0 amide bonds. The molecule has 0 radical (unpaired) electrons. The van der Waals surface area contributed by atoms with Gasteiger partial charge in [0, 0.05) is 12.7 Å². The summed E-state index contributed by atoms with van der Waals surface area (Å²) in [5, 5.41) is 2.14. The van der Waals surface area contributed by atoms with Gasteiger partial charge in [-0.3, -0.25) is 0 Å². The third-order valence-electron chi connectivity index (χ3n) is 4.12. The van der Waals surface area contributed by atoms with Crippen LogP contribution in [0.2, 0.25) is 0 Å². The molecule has 0 aliphatic carbocycles. The summed E-state index contributed by atoms with van der Waals surface area (Å²) in [7, 11) is 0. The Hall–Kier alpha value is -0.210. The monoisotopic (exact) mass is 300 g/mol. The minimum Gasteiger partial charge on any atom is -0.314 e. The van der Waals surface area contributed by atoms with E-state index < -0.39 is 0 Å². The molecule has 1 N–H and O–H groups in total. The molecule has 1 heterocycles. The number of hydrazine groups is 1. The highest BCUT2D eigenvalue weighted by Crippen LogP contribution is 2.23. The van der Waals surface area contributed by atoms with E-state index in [2.05, 4.69) is 36.6 Å². The van der Waals surface area contributed by atoms with Crippen LogP contribution < -0.4 is 5.43 Å².